The van der Waals surface area contributed by atoms with E-state index in [1.54, 1.807) is 4.90 Å². The molecule has 31 heavy (non-hydrogen) atoms. The van der Waals surface area contributed by atoms with Crippen LogP contribution < -0.4 is 5.32 Å². The largest absolute Gasteiger partial charge is 0.509 e. The molecule has 3 rings (SSSR count). The van der Waals surface area contributed by atoms with Gasteiger partial charge in [0.2, 0.25) is 9.84 Å². The molecular formula is C21H27N3O6S. The highest BCUT2D eigenvalue weighted by Crippen LogP contribution is 2.38. The molecule has 2 N–H and O–H groups in total. The number of non-ortho nitro benzene ring substituents is 1. The van der Waals surface area contributed by atoms with E-state index in [2.05, 4.69) is 5.32 Å². The fourth-order valence-electron chi connectivity index (χ4n) is 3.78. The molecule has 1 unspecified atom stereocenters. The van der Waals surface area contributed by atoms with E-state index in [0.717, 1.165) is 30.7 Å². The van der Waals surface area contributed by atoms with Gasteiger partial charge in [-0.15, -0.1) is 0 Å². The number of rotatable bonds is 8. The van der Waals surface area contributed by atoms with Crippen molar-refractivity contribution < 1.29 is 23.2 Å². The van der Waals surface area contributed by atoms with Gasteiger partial charge in [-0.3, -0.25) is 14.9 Å². The van der Waals surface area contributed by atoms with Gasteiger partial charge in [-0.05, 0) is 24.8 Å². The maximum Gasteiger partial charge on any atom is 0.270 e. The molecule has 1 aromatic rings. The third kappa shape index (κ3) is 4.43. The van der Waals surface area contributed by atoms with E-state index >= 15 is 0 Å². The number of carbonyl (C=O) groups is 1. The summed E-state index contributed by atoms with van der Waals surface area (Å²) in [4.78, 5) is 24.9. The van der Waals surface area contributed by atoms with Gasteiger partial charge in [0.05, 0.1) is 27.8 Å². The molecule has 10 heteroatoms. The van der Waals surface area contributed by atoms with Crippen LogP contribution >= 0.6 is 0 Å². The number of sulfone groups is 1. The Bertz CT molecular complexity index is 1070. The molecule has 1 aromatic carbocycles. The van der Waals surface area contributed by atoms with Gasteiger partial charge in [0.1, 0.15) is 16.2 Å². The van der Waals surface area contributed by atoms with Gasteiger partial charge in [0.25, 0.3) is 11.6 Å². The van der Waals surface area contributed by atoms with Crippen molar-refractivity contribution in [3.05, 3.63) is 50.8 Å². The molecule has 1 atom stereocenters. The number of benzene rings is 1. The van der Waals surface area contributed by atoms with Gasteiger partial charge < -0.3 is 15.3 Å². The molecule has 0 aromatic heterocycles. The average molecular weight is 450 g/mol. The minimum absolute atomic E-state index is 0.0163. The Balaban J connectivity index is 2.01. The van der Waals surface area contributed by atoms with Gasteiger partial charge in [0, 0.05) is 18.7 Å². The summed E-state index contributed by atoms with van der Waals surface area (Å²) in [5, 5.41) is 25.7. The number of hydrogen-bond donors (Lipinski definition) is 2. The number of carbonyl (C=O) groups excluding carboxylic acids is 1. The van der Waals surface area contributed by atoms with E-state index in [0.29, 0.717) is 18.9 Å². The first kappa shape index (κ1) is 22.8. The summed E-state index contributed by atoms with van der Waals surface area (Å²) in [6.07, 6.45) is 3.04. The Kier molecular flexibility index (Phi) is 6.40. The lowest BCUT2D eigenvalue weighted by molar-refractivity contribution is -0.385. The fraction of sp³-hybridized carbons (Fsp3) is 0.476. The van der Waals surface area contributed by atoms with Crippen LogP contribution in [0, 0.1) is 16.0 Å². The first-order valence-corrected chi connectivity index (χ1v) is 11.9. The van der Waals surface area contributed by atoms with Crippen LogP contribution in [0.1, 0.15) is 46.5 Å². The third-order valence-corrected chi connectivity index (χ3v) is 6.99. The third-order valence-electron chi connectivity index (χ3n) is 5.50. The van der Waals surface area contributed by atoms with Crippen LogP contribution in [0.15, 0.2) is 45.5 Å². The number of amides is 1. The number of fused-ring (bicyclic) bond motifs is 1. The van der Waals surface area contributed by atoms with Gasteiger partial charge in [0.15, 0.2) is 0 Å². The quantitative estimate of drug-likeness (QED) is 0.455. The van der Waals surface area contributed by atoms with Crippen molar-refractivity contribution in [1.29, 1.82) is 0 Å². The number of unbranched alkanes of at least 4 members (excludes halogenated alkanes) is 1. The number of hydrogen-bond acceptors (Lipinski definition) is 7. The molecule has 2 heterocycles. The number of nitro benzene ring substituents is 1. The summed E-state index contributed by atoms with van der Waals surface area (Å²) >= 11 is 0. The number of nitrogens with zero attached hydrogens (tertiary/aromatic N) is 2. The maximum atomic E-state index is 13.2. The zero-order valence-electron chi connectivity index (χ0n) is 17.8. The molecule has 168 valence electrons. The summed E-state index contributed by atoms with van der Waals surface area (Å²) in [5.41, 5.74) is -0.295. The second kappa shape index (κ2) is 8.70. The second-order valence-corrected chi connectivity index (χ2v) is 10.0. The van der Waals surface area contributed by atoms with Crippen molar-refractivity contribution in [2.75, 3.05) is 11.9 Å². The zero-order chi connectivity index (χ0) is 22.9. The van der Waals surface area contributed by atoms with Gasteiger partial charge in [-0.25, -0.2) is 8.42 Å². The Hall–Kier alpha value is -2.88. The topological polar surface area (TPSA) is 130 Å². The van der Waals surface area contributed by atoms with E-state index in [1.165, 1.54) is 12.1 Å². The summed E-state index contributed by atoms with van der Waals surface area (Å²) in [6, 6.07) is 2.97. The second-order valence-electron chi connectivity index (χ2n) is 8.24. The summed E-state index contributed by atoms with van der Waals surface area (Å²) in [5.74, 6) is -0.194. The number of nitro groups is 1. The lowest BCUT2D eigenvalue weighted by Gasteiger charge is -2.26. The van der Waals surface area contributed by atoms with E-state index < -0.39 is 26.7 Å². The smallest absolute Gasteiger partial charge is 0.270 e. The van der Waals surface area contributed by atoms with Crippen molar-refractivity contribution in [2.45, 2.75) is 57.4 Å². The average Bonchev–Trinajstić information content (AvgIpc) is 2.92. The van der Waals surface area contributed by atoms with Crippen molar-refractivity contribution in [3.63, 3.8) is 0 Å². The van der Waals surface area contributed by atoms with Crippen LogP contribution in [0.2, 0.25) is 0 Å². The summed E-state index contributed by atoms with van der Waals surface area (Å²) in [7, 11) is -4.05. The predicted octanol–water partition coefficient (Wildman–Crippen LogP) is 3.89. The Labute approximate surface area is 181 Å². The SMILES string of the molecule is CCCCC1C(O)=C(C2=CS(=O)(=O)c3cc([N+](=O)[O-])ccc3N2)C(=O)N1CCC(C)C. The van der Waals surface area contributed by atoms with Crippen LogP contribution in [-0.4, -0.2) is 41.8 Å². The van der Waals surface area contributed by atoms with Crippen LogP contribution in [0.25, 0.3) is 0 Å². The molecule has 0 radical (unpaired) electrons. The van der Waals surface area contributed by atoms with Crippen LogP contribution in [-0.2, 0) is 14.6 Å². The molecule has 2 aliphatic heterocycles. The van der Waals surface area contributed by atoms with Crippen molar-refractivity contribution in [3.8, 4) is 0 Å². The molecule has 0 saturated carbocycles. The van der Waals surface area contributed by atoms with Crippen molar-refractivity contribution in [1.82, 2.24) is 4.90 Å². The minimum Gasteiger partial charge on any atom is -0.509 e. The molecule has 2 aliphatic rings. The van der Waals surface area contributed by atoms with E-state index in [4.69, 9.17) is 0 Å². The summed E-state index contributed by atoms with van der Waals surface area (Å²) < 4.78 is 25.6. The lowest BCUT2D eigenvalue weighted by Crippen LogP contribution is -2.37. The lowest BCUT2D eigenvalue weighted by atomic mass is 10.1. The summed E-state index contributed by atoms with van der Waals surface area (Å²) in [6.45, 7) is 6.57. The number of aliphatic hydroxyl groups is 1. The molecule has 9 nitrogen and oxygen atoms in total. The molecule has 0 bridgehead atoms. The standard InChI is InChI=1S/C21H27N3O6S/c1-4-5-6-17-20(25)19(21(26)23(17)10-9-13(2)3)16-12-31(29,30)18-11-14(24(27)28)7-8-15(18)22-16/h7-8,11-13,17,22,25H,4-6,9-10H2,1-3H3. The number of anilines is 1. The van der Waals surface area contributed by atoms with Crippen LogP contribution in [0.5, 0.6) is 0 Å². The number of nitrogens with one attached hydrogen (secondary N) is 1. The molecule has 1 amide bonds. The maximum absolute atomic E-state index is 13.2. The highest BCUT2D eigenvalue weighted by molar-refractivity contribution is 7.94. The highest BCUT2D eigenvalue weighted by atomic mass is 32.2. The zero-order valence-corrected chi connectivity index (χ0v) is 18.6. The van der Waals surface area contributed by atoms with Gasteiger partial charge in [-0.1, -0.05) is 33.6 Å². The van der Waals surface area contributed by atoms with Gasteiger partial charge >= 0.3 is 0 Å². The first-order chi connectivity index (χ1) is 14.6. The molecule has 0 fully saturated rings. The minimum atomic E-state index is -4.05. The normalized spacial score (nSPS) is 20.0. The van der Waals surface area contributed by atoms with E-state index in [9.17, 15) is 28.4 Å². The van der Waals surface area contributed by atoms with E-state index in [-0.39, 0.29) is 33.3 Å². The monoisotopic (exact) mass is 449 g/mol. The predicted molar refractivity (Wildman–Crippen MR) is 116 cm³/mol. The molecule has 0 aliphatic carbocycles. The molecule has 0 saturated heterocycles. The fourth-order valence-corrected chi connectivity index (χ4v) is 5.11. The molecule has 0 spiro atoms. The highest BCUT2D eigenvalue weighted by Gasteiger charge is 2.42. The molecular weight excluding hydrogens is 422 g/mol. The number of aliphatic hydroxyl groups excluding tert-OH is 1. The van der Waals surface area contributed by atoms with Crippen molar-refractivity contribution in [2.24, 2.45) is 5.92 Å². The van der Waals surface area contributed by atoms with Crippen molar-refractivity contribution >= 4 is 27.1 Å². The van der Waals surface area contributed by atoms with Gasteiger partial charge in [-0.2, -0.15) is 0 Å². The Morgan fingerprint density at radius 1 is 1.32 bits per heavy atom. The van der Waals surface area contributed by atoms with E-state index in [1.807, 2.05) is 20.8 Å². The van der Waals surface area contributed by atoms with Crippen LogP contribution in [0.3, 0.4) is 0 Å². The first-order valence-electron chi connectivity index (χ1n) is 10.3. The van der Waals surface area contributed by atoms with Crippen LogP contribution in [0.4, 0.5) is 11.4 Å². The Morgan fingerprint density at radius 3 is 2.65 bits per heavy atom. The Morgan fingerprint density at radius 2 is 2.03 bits per heavy atom.